The molecule has 0 saturated carbocycles. The van der Waals surface area contributed by atoms with E-state index in [0.717, 1.165) is 16.0 Å². The van der Waals surface area contributed by atoms with Crippen molar-refractivity contribution in [3.8, 4) is 0 Å². The lowest BCUT2D eigenvalue weighted by atomic mass is 9.84. The first-order valence-electron chi connectivity index (χ1n) is 7.17. The van der Waals surface area contributed by atoms with E-state index in [9.17, 15) is 4.79 Å². The Bertz CT molecular complexity index is 696. The molecular formula is C19H17NOS. The molecule has 0 unspecified atom stereocenters. The fourth-order valence-electron chi connectivity index (χ4n) is 2.55. The van der Waals surface area contributed by atoms with Gasteiger partial charge in [0.15, 0.2) is 0 Å². The van der Waals surface area contributed by atoms with E-state index in [1.165, 1.54) is 11.3 Å². The average Bonchev–Trinajstić information content (AvgIpc) is 3.11. The highest BCUT2D eigenvalue weighted by atomic mass is 32.1. The number of thiophene rings is 1. The number of hydrogen-bond donors (Lipinski definition) is 1. The Morgan fingerprint density at radius 3 is 1.86 bits per heavy atom. The highest BCUT2D eigenvalue weighted by Gasteiger charge is 2.31. The van der Waals surface area contributed by atoms with Gasteiger partial charge in [0, 0.05) is 0 Å². The van der Waals surface area contributed by atoms with Gasteiger partial charge in [0.2, 0.25) is 0 Å². The molecule has 0 fully saturated rings. The highest BCUT2D eigenvalue weighted by molar-refractivity contribution is 7.12. The van der Waals surface area contributed by atoms with Crippen molar-refractivity contribution < 1.29 is 4.79 Å². The van der Waals surface area contributed by atoms with Crippen molar-refractivity contribution in [2.45, 2.75) is 12.5 Å². The summed E-state index contributed by atoms with van der Waals surface area (Å²) < 4.78 is 0. The van der Waals surface area contributed by atoms with E-state index in [0.29, 0.717) is 0 Å². The van der Waals surface area contributed by atoms with Crippen molar-refractivity contribution in [1.82, 2.24) is 5.32 Å². The van der Waals surface area contributed by atoms with E-state index in [1.807, 2.05) is 85.1 Å². The number of rotatable bonds is 4. The van der Waals surface area contributed by atoms with Gasteiger partial charge in [-0.3, -0.25) is 4.79 Å². The summed E-state index contributed by atoms with van der Waals surface area (Å²) in [6.07, 6.45) is 0. The van der Waals surface area contributed by atoms with Crippen LogP contribution in [-0.2, 0) is 5.54 Å². The minimum atomic E-state index is -0.566. The van der Waals surface area contributed by atoms with E-state index >= 15 is 0 Å². The minimum Gasteiger partial charge on any atom is -0.338 e. The SMILES string of the molecule is CC(NC(=O)c1cccs1)(c1ccccc1)c1ccccc1. The van der Waals surface area contributed by atoms with Crippen LogP contribution in [0.2, 0.25) is 0 Å². The summed E-state index contributed by atoms with van der Waals surface area (Å²) in [4.78, 5) is 13.3. The Balaban J connectivity index is 2.02. The van der Waals surface area contributed by atoms with Gasteiger partial charge in [-0.1, -0.05) is 66.7 Å². The molecule has 22 heavy (non-hydrogen) atoms. The third-order valence-electron chi connectivity index (χ3n) is 3.81. The summed E-state index contributed by atoms with van der Waals surface area (Å²) in [5.74, 6) is -0.0507. The lowest BCUT2D eigenvalue weighted by Gasteiger charge is -2.32. The lowest BCUT2D eigenvalue weighted by Crippen LogP contribution is -2.44. The van der Waals surface area contributed by atoms with E-state index in [4.69, 9.17) is 0 Å². The lowest BCUT2D eigenvalue weighted by molar-refractivity contribution is 0.0923. The summed E-state index contributed by atoms with van der Waals surface area (Å²) in [6.45, 7) is 2.04. The van der Waals surface area contributed by atoms with Gasteiger partial charge >= 0.3 is 0 Å². The number of carbonyl (C=O) groups is 1. The molecule has 0 bridgehead atoms. The molecule has 110 valence electrons. The van der Waals surface area contributed by atoms with Crippen LogP contribution in [0.5, 0.6) is 0 Å². The molecule has 0 aliphatic carbocycles. The maximum atomic E-state index is 12.6. The predicted octanol–water partition coefficient (Wildman–Crippen LogP) is 4.44. The van der Waals surface area contributed by atoms with Crippen LogP contribution < -0.4 is 5.32 Å². The van der Waals surface area contributed by atoms with Gasteiger partial charge in [-0.2, -0.15) is 0 Å². The second-order valence-corrected chi connectivity index (χ2v) is 6.24. The summed E-state index contributed by atoms with van der Waals surface area (Å²) in [7, 11) is 0. The van der Waals surface area contributed by atoms with Crippen LogP contribution in [0.25, 0.3) is 0 Å². The van der Waals surface area contributed by atoms with Crippen LogP contribution in [0, 0.1) is 0 Å². The molecule has 3 aromatic rings. The monoisotopic (exact) mass is 307 g/mol. The third-order valence-corrected chi connectivity index (χ3v) is 4.68. The predicted molar refractivity (Wildman–Crippen MR) is 91.1 cm³/mol. The van der Waals surface area contributed by atoms with Gasteiger partial charge in [0.25, 0.3) is 5.91 Å². The fraction of sp³-hybridized carbons (Fsp3) is 0.105. The molecule has 0 atom stereocenters. The Labute approximate surface area is 134 Å². The Morgan fingerprint density at radius 1 is 0.864 bits per heavy atom. The molecule has 0 aliphatic rings. The van der Waals surface area contributed by atoms with E-state index < -0.39 is 5.54 Å². The van der Waals surface area contributed by atoms with Gasteiger partial charge in [-0.05, 0) is 29.5 Å². The molecule has 3 rings (SSSR count). The van der Waals surface area contributed by atoms with Crippen LogP contribution >= 0.6 is 11.3 Å². The average molecular weight is 307 g/mol. The maximum Gasteiger partial charge on any atom is 0.262 e. The smallest absolute Gasteiger partial charge is 0.262 e. The first-order chi connectivity index (χ1) is 10.7. The van der Waals surface area contributed by atoms with Crippen molar-refractivity contribution in [3.05, 3.63) is 94.2 Å². The molecule has 0 aliphatic heterocycles. The van der Waals surface area contributed by atoms with Crippen molar-refractivity contribution in [1.29, 1.82) is 0 Å². The second-order valence-electron chi connectivity index (χ2n) is 5.29. The van der Waals surface area contributed by atoms with Gasteiger partial charge in [-0.25, -0.2) is 0 Å². The molecule has 0 spiro atoms. The zero-order chi connectivity index (χ0) is 15.4. The molecule has 1 aromatic heterocycles. The molecular weight excluding hydrogens is 290 g/mol. The van der Waals surface area contributed by atoms with Crippen molar-refractivity contribution in [2.24, 2.45) is 0 Å². The summed E-state index contributed by atoms with van der Waals surface area (Å²) in [5.41, 5.74) is 1.56. The van der Waals surface area contributed by atoms with Crippen LogP contribution in [0.3, 0.4) is 0 Å². The van der Waals surface area contributed by atoms with Crippen LogP contribution in [0.1, 0.15) is 27.7 Å². The first kappa shape index (κ1) is 14.5. The topological polar surface area (TPSA) is 29.1 Å². The number of benzene rings is 2. The zero-order valence-corrected chi connectivity index (χ0v) is 13.1. The molecule has 1 amide bonds. The van der Waals surface area contributed by atoms with Gasteiger partial charge in [0.05, 0.1) is 10.4 Å². The highest BCUT2D eigenvalue weighted by Crippen LogP contribution is 2.29. The molecule has 2 nitrogen and oxygen atoms in total. The quantitative estimate of drug-likeness (QED) is 0.758. The standard InChI is InChI=1S/C19H17NOS/c1-19(15-9-4-2-5-10-15,16-11-6-3-7-12-16)20-18(21)17-13-8-14-22-17/h2-14H,1H3,(H,20,21). The van der Waals surface area contributed by atoms with Crippen molar-refractivity contribution in [2.75, 3.05) is 0 Å². The molecule has 0 radical (unpaired) electrons. The third kappa shape index (κ3) is 2.81. The molecule has 1 N–H and O–H groups in total. The van der Waals surface area contributed by atoms with Crippen molar-refractivity contribution in [3.63, 3.8) is 0 Å². The number of amides is 1. The molecule has 2 aromatic carbocycles. The Morgan fingerprint density at radius 2 is 1.41 bits per heavy atom. The number of carbonyl (C=O) groups excluding carboxylic acids is 1. The second kappa shape index (κ2) is 6.16. The van der Waals surface area contributed by atoms with E-state index in [2.05, 4.69) is 5.32 Å². The van der Waals surface area contributed by atoms with Gasteiger partial charge in [0.1, 0.15) is 0 Å². The number of hydrogen-bond acceptors (Lipinski definition) is 2. The molecule has 3 heteroatoms. The molecule has 1 heterocycles. The van der Waals surface area contributed by atoms with Gasteiger partial charge in [-0.15, -0.1) is 11.3 Å². The van der Waals surface area contributed by atoms with Crippen LogP contribution in [0.4, 0.5) is 0 Å². The number of nitrogens with one attached hydrogen (secondary N) is 1. The van der Waals surface area contributed by atoms with Gasteiger partial charge < -0.3 is 5.32 Å². The van der Waals surface area contributed by atoms with E-state index in [-0.39, 0.29) is 5.91 Å². The summed E-state index contributed by atoms with van der Waals surface area (Å²) in [6, 6.07) is 23.8. The van der Waals surface area contributed by atoms with Crippen LogP contribution in [-0.4, -0.2) is 5.91 Å². The first-order valence-corrected chi connectivity index (χ1v) is 8.05. The normalized spacial score (nSPS) is 11.1. The maximum absolute atomic E-state index is 12.6. The zero-order valence-electron chi connectivity index (χ0n) is 12.3. The largest absolute Gasteiger partial charge is 0.338 e. The van der Waals surface area contributed by atoms with Crippen LogP contribution in [0.15, 0.2) is 78.2 Å². The summed E-state index contributed by atoms with van der Waals surface area (Å²) in [5, 5.41) is 5.11. The van der Waals surface area contributed by atoms with E-state index in [1.54, 1.807) is 0 Å². The molecule has 0 saturated heterocycles. The summed E-state index contributed by atoms with van der Waals surface area (Å²) >= 11 is 1.45. The fourth-order valence-corrected chi connectivity index (χ4v) is 3.17. The Kier molecular flexibility index (Phi) is 4.07. The van der Waals surface area contributed by atoms with Crippen molar-refractivity contribution >= 4 is 17.2 Å². The Hall–Kier alpha value is -2.39. The minimum absolute atomic E-state index is 0.0507.